The van der Waals surface area contributed by atoms with Gasteiger partial charge in [-0.1, -0.05) is 0 Å². The fraction of sp³-hybridized carbons (Fsp3) is 0.800. The average molecular weight is 374 g/mol. The molecule has 0 aliphatic heterocycles. The summed E-state index contributed by atoms with van der Waals surface area (Å²) >= 11 is -0.464. The van der Waals surface area contributed by atoms with E-state index < -0.39 is 18.4 Å². The summed E-state index contributed by atoms with van der Waals surface area (Å²) in [6.07, 6.45) is 8.34. The monoisotopic (exact) mass is 375 g/mol. The van der Waals surface area contributed by atoms with E-state index in [1.54, 1.807) is 15.2 Å². The van der Waals surface area contributed by atoms with E-state index in [-0.39, 0.29) is 0 Å². The first-order valence-corrected chi connectivity index (χ1v) is 16.0. The SMILES string of the molecule is CCC[CH2][Sn]([CH2]CCC)([CH2]CCC)[c]1ccsn1. The van der Waals surface area contributed by atoms with Crippen LogP contribution >= 0.6 is 11.5 Å². The maximum absolute atomic E-state index is 4.78. The van der Waals surface area contributed by atoms with Crippen molar-refractivity contribution in [2.45, 2.75) is 72.6 Å². The molecule has 0 fully saturated rings. The number of nitrogens with zero attached hydrogens (tertiary/aromatic N) is 1. The first-order chi connectivity index (χ1) is 8.79. The van der Waals surface area contributed by atoms with Gasteiger partial charge in [-0.2, -0.15) is 0 Å². The first kappa shape index (κ1) is 16.5. The van der Waals surface area contributed by atoms with Crippen molar-refractivity contribution >= 4 is 33.6 Å². The molecule has 0 aliphatic rings. The quantitative estimate of drug-likeness (QED) is 0.513. The van der Waals surface area contributed by atoms with Gasteiger partial charge < -0.3 is 0 Å². The average Bonchev–Trinajstić information content (AvgIpc) is 2.93. The molecule has 0 atom stereocenters. The molecule has 0 saturated carbocycles. The summed E-state index contributed by atoms with van der Waals surface area (Å²) in [5, 5.41) is 2.20. The third kappa shape index (κ3) is 4.84. The predicted octanol–water partition coefficient (Wildman–Crippen LogP) is 5.20. The van der Waals surface area contributed by atoms with Crippen LogP contribution in [-0.2, 0) is 0 Å². The van der Waals surface area contributed by atoms with Crippen LogP contribution in [-0.4, -0.2) is 22.8 Å². The Morgan fingerprint density at radius 2 is 1.44 bits per heavy atom. The Bertz CT molecular complexity index is 276. The number of aromatic nitrogens is 1. The van der Waals surface area contributed by atoms with Crippen LogP contribution in [0, 0.1) is 0 Å². The number of hydrogen-bond donors (Lipinski definition) is 0. The number of hydrogen-bond acceptors (Lipinski definition) is 2. The van der Waals surface area contributed by atoms with Crippen LogP contribution in [0.4, 0.5) is 0 Å². The molecule has 0 N–H and O–H groups in total. The fourth-order valence-corrected chi connectivity index (χ4v) is 20.3. The standard InChI is InChI=1S/3C4H9.C3H2NS.Sn/c3*1-3-4-2;1-2-4-5-3-1;/h3*1,3-4H2,2H3;1,3H;. The summed E-state index contributed by atoms with van der Waals surface area (Å²) in [6, 6.07) is 2.36. The van der Waals surface area contributed by atoms with E-state index in [1.165, 1.54) is 51.8 Å². The zero-order valence-corrected chi connectivity index (χ0v) is 16.0. The van der Waals surface area contributed by atoms with Gasteiger partial charge in [-0.25, -0.2) is 0 Å². The Morgan fingerprint density at radius 1 is 0.944 bits per heavy atom. The number of rotatable bonds is 10. The van der Waals surface area contributed by atoms with Crippen LogP contribution in [0.1, 0.15) is 59.3 Å². The van der Waals surface area contributed by atoms with Crippen molar-refractivity contribution in [3.63, 3.8) is 0 Å². The molecule has 1 nitrogen and oxygen atoms in total. The Balaban J connectivity index is 2.84. The van der Waals surface area contributed by atoms with Crippen molar-refractivity contribution in [1.29, 1.82) is 0 Å². The molecule has 1 aromatic rings. The maximum atomic E-state index is 4.78. The van der Waals surface area contributed by atoms with Gasteiger partial charge in [0.1, 0.15) is 0 Å². The molecule has 0 unspecified atom stereocenters. The second-order valence-corrected chi connectivity index (χ2v) is 19.2. The Morgan fingerprint density at radius 3 is 1.78 bits per heavy atom. The summed E-state index contributed by atoms with van der Waals surface area (Å²) in [5.74, 6) is 0. The number of unbranched alkanes of at least 4 members (excludes halogenated alkanes) is 3. The van der Waals surface area contributed by atoms with Gasteiger partial charge in [0, 0.05) is 0 Å². The molecule has 0 aromatic carbocycles. The second kappa shape index (κ2) is 9.35. The van der Waals surface area contributed by atoms with Gasteiger partial charge >= 0.3 is 122 Å². The molecule has 1 rings (SSSR count). The Labute approximate surface area is 121 Å². The molecule has 0 spiro atoms. The van der Waals surface area contributed by atoms with E-state index in [0.29, 0.717) is 0 Å². The van der Waals surface area contributed by atoms with Gasteiger partial charge in [-0.05, 0) is 0 Å². The van der Waals surface area contributed by atoms with Crippen LogP contribution in [0.5, 0.6) is 0 Å². The second-order valence-electron chi connectivity index (χ2n) is 5.48. The minimum atomic E-state index is -2.13. The van der Waals surface area contributed by atoms with E-state index >= 15 is 0 Å². The summed E-state index contributed by atoms with van der Waals surface area (Å²) in [5.41, 5.74) is 0. The van der Waals surface area contributed by atoms with Crippen molar-refractivity contribution in [2.75, 3.05) is 0 Å². The van der Waals surface area contributed by atoms with Crippen molar-refractivity contribution < 1.29 is 0 Å². The molecule has 1 heterocycles. The van der Waals surface area contributed by atoms with E-state index in [9.17, 15) is 0 Å². The summed E-state index contributed by atoms with van der Waals surface area (Å²) in [6.45, 7) is 6.99. The zero-order valence-electron chi connectivity index (χ0n) is 12.4. The molecule has 0 radical (unpaired) electrons. The zero-order chi connectivity index (χ0) is 13.3. The van der Waals surface area contributed by atoms with Crippen LogP contribution in [0.2, 0.25) is 13.3 Å². The molecule has 0 amide bonds. The predicted molar refractivity (Wildman–Crippen MR) is 86.6 cm³/mol. The van der Waals surface area contributed by atoms with Gasteiger partial charge in [-0.3, -0.25) is 0 Å². The molecule has 1 aromatic heterocycles. The van der Waals surface area contributed by atoms with Gasteiger partial charge in [0.2, 0.25) is 0 Å². The summed E-state index contributed by atoms with van der Waals surface area (Å²) in [4.78, 5) is 0. The molecular formula is C15H29NSSn. The first-order valence-electron chi connectivity index (χ1n) is 7.70. The minimum absolute atomic E-state index is 1.35. The molecule has 3 heteroatoms. The molecular weight excluding hydrogens is 345 g/mol. The topological polar surface area (TPSA) is 12.9 Å². The molecule has 104 valence electrons. The van der Waals surface area contributed by atoms with Crippen LogP contribution < -0.4 is 3.71 Å². The van der Waals surface area contributed by atoms with Crippen LogP contribution in [0.25, 0.3) is 0 Å². The van der Waals surface area contributed by atoms with Gasteiger partial charge in [0.15, 0.2) is 0 Å². The summed E-state index contributed by atoms with van der Waals surface area (Å²) < 4.78 is 11.0. The van der Waals surface area contributed by atoms with Crippen molar-refractivity contribution in [2.24, 2.45) is 0 Å². The molecule has 0 bridgehead atoms. The molecule has 18 heavy (non-hydrogen) atoms. The van der Waals surface area contributed by atoms with Crippen molar-refractivity contribution in [1.82, 2.24) is 4.37 Å². The Kier molecular flexibility index (Phi) is 8.56. The van der Waals surface area contributed by atoms with Crippen LogP contribution in [0.3, 0.4) is 0 Å². The van der Waals surface area contributed by atoms with Gasteiger partial charge in [0.25, 0.3) is 0 Å². The third-order valence-electron chi connectivity index (χ3n) is 4.01. The molecule has 0 saturated heterocycles. The van der Waals surface area contributed by atoms with Crippen LogP contribution in [0.15, 0.2) is 11.4 Å². The third-order valence-corrected chi connectivity index (χ3v) is 20.1. The normalized spacial score (nSPS) is 11.9. The van der Waals surface area contributed by atoms with E-state index in [1.807, 2.05) is 0 Å². The van der Waals surface area contributed by atoms with E-state index in [0.717, 1.165) is 0 Å². The Hall–Kier alpha value is 0.429. The van der Waals surface area contributed by atoms with Gasteiger partial charge in [-0.15, -0.1) is 0 Å². The summed E-state index contributed by atoms with van der Waals surface area (Å²) in [7, 11) is 0. The molecule has 0 aliphatic carbocycles. The fourth-order valence-electron chi connectivity index (χ4n) is 2.79. The van der Waals surface area contributed by atoms with Crippen molar-refractivity contribution in [3.8, 4) is 0 Å². The van der Waals surface area contributed by atoms with E-state index in [2.05, 4.69) is 32.2 Å². The van der Waals surface area contributed by atoms with Gasteiger partial charge in [0.05, 0.1) is 0 Å². The van der Waals surface area contributed by atoms with E-state index in [4.69, 9.17) is 4.37 Å². The van der Waals surface area contributed by atoms with Crippen molar-refractivity contribution in [3.05, 3.63) is 11.4 Å².